The fourth-order valence-electron chi connectivity index (χ4n) is 0.550. The summed E-state index contributed by atoms with van der Waals surface area (Å²) in [5.74, 6) is 2.16. The van der Waals surface area contributed by atoms with Gasteiger partial charge >= 0.3 is 7.82 Å². The van der Waals surface area contributed by atoms with E-state index in [1.807, 2.05) is 0 Å². The largest absolute Gasteiger partial charge is 0.472 e. The molecule has 0 radical (unpaired) electrons. The van der Waals surface area contributed by atoms with E-state index in [1.165, 1.54) is 0 Å². The normalized spacial score (nSPS) is 40.6. The highest BCUT2D eigenvalue weighted by Gasteiger charge is 2.29. The van der Waals surface area contributed by atoms with Crippen molar-refractivity contribution in [1.82, 2.24) is 0 Å². The third kappa shape index (κ3) is 1.83. The molecule has 0 spiro atoms. The zero-order valence-corrected chi connectivity index (χ0v) is 6.08. The average Bonchev–Trinajstić information content (AvgIpc) is 1.88. The van der Waals surface area contributed by atoms with E-state index in [0.717, 1.165) is 0 Å². The predicted octanol–water partition coefficient (Wildman–Crippen LogP) is 0.383. The number of phosphoric ester groups is 1. The Morgan fingerprint density at radius 3 is 2.50 bits per heavy atom. The molecule has 1 rings (SSSR count). The van der Waals surface area contributed by atoms with Crippen LogP contribution in [0.5, 0.6) is 0 Å². The zero-order chi connectivity index (χ0) is 7.61. The van der Waals surface area contributed by atoms with Crippen LogP contribution in [0.2, 0.25) is 0 Å². The minimum Gasteiger partial charge on any atom is -0.302 e. The standard InChI is InChI=1S/C5H7O4P/c1-2-5-3-8-10(6,7)9-4-5/h1,5H,3-4H2,(H,6,7). The fourth-order valence-corrected chi connectivity index (χ4v) is 1.36. The summed E-state index contributed by atoms with van der Waals surface area (Å²) in [7, 11) is -3.73. The Morgan fingerprint density at radius 1 is 1.60 bits per heavy atom. The van der Waals surface area contributed by atoms with Gasteiger partial charge in [-0.15, -0.1) is 6.42 Å². The van der Waals surface area contributed by atoms with Crippen LogP contribution in [0.15, 0.2) is 0 Å². The maximum atomic E-state index is 10.5. The van der Waals surface area contributed by atoms with Crippen molar-refractivity contribution in [2.75, 3.05) is 13.2 Å². The van der Waals surface area contributed by atoms with Crippen molar-refractivity contribution < 1.29 is 18.5 Å². The highest BCUT2D eigenvalue weighted by atomic mass is 31.2. The maximum Gasteiger partial charge on any atom is 0.472 e. The zero-order valence-electron chi connectivity index (χ0n) is 5.19. The van der Waals surface area contributed by atoms with Crippen molar-refractivity contribution in [3.63, 3.8) is 0 Å². The summed E-state index contributed by atoms with van der Waals surface area (Å²) in [5, 5.41) is 0. The first-order chi connectivity index (χ1) is 4.64. The topological polar surface area (TPSA) is 55.8 Å². The Hall–Kier alpha value is -0.330. The van der Waals surface area contributed by atoms with Gasteiger partial charge in [0.1, 0.15) is 0 Å². The molecule has 5 heteroatoms. The molecule has 0 amide bonds. The van der Waals surface area contributed by atoms with Crippen molar-refractivity contribution in [2.45, 2.75) is 0 Å². The molecular formula is C5H7O4P. The fraction of sp³-hybridized carbons (Fsp3) is 0.600. The van der Waals surface area contributed by atoms with E-state index in [-0.39, 0.29) is 19.1 Å². The molecule has 0 saturated carbocycles. The summed E-state index contributed by atoms with van der Waals surface area (Å²) < 4.78 is 19.4. The van der Waals surface area contributed by atoms with Gasteiger partial charge in [-0.3, -0.25) is 9.05 Å². The highest BCUT2D eigenvalue weighted by Crippen LogP contribution is 2.46. The van der Waals surface area contributed by atoms with Crippen LogP contribution in [-0.4, -0.2) is 18.1 Å². The van der Waals surface area contributed by atoms with Gasteiger partial charge in [0.2, 0.25) is 0 Å². The van der Waals surface area contributed by atoms with Gasteiger partial charge in [0.25, 0.3) is 0 Å². The van der Waals surface area contributed by atoms with E-state index >= 15 is 0 Å². The van der Waals surface area contributed by atoms with Crippen molar-refractivity contribution in [2.24, 2.45) is 5.92 Å². The smallest absolute Gasteiger partial charge is 0.302 e. The summed E-state index contributed by atoms with van der Waals surface area (Å²) >= 11 is 0. The molecule has 0 bridgehead atoms. The van der Waals surface area contributed by atoms with Crippen LogP contribution in [-0.2, 0) is 13.6 Å². The Morgan fingerprint density at radius 2 is 2.10 bits per heavy atom. The van der Waals surface area contributed by atoms with Crippen molar-refractivity contribution in [3.8, 4) is 12.3 Å². The van der Waals surface area contributed by atoms with Gasteiger partial charge in [0.05, 0.1) is 19.1 Å². The molecule has 0 aromatic rings. The lowest BCUT2D eigenvalue weighted by Gasteiger charge is -2.21. The first-order valence-electron chi connectivity index (χ1n) is 2.72. The molecule has 0 atom stereocenters. The molecular weight excluding hydrogens is 155 g/mol. The molecule has 0 unspecified atom stereocenters. The lowest BCUT2D eigenvalue weighted by Crippen LogP contribution is -2.19. The molecule has 1 aliphatic heterocycles. The second kappa shape index (κ2) is 2.73. The van der Waals surface area contributed by atoms with E-state index in [0.29, 0.717) is 0 Å². The molecule has 1 heterocycles. The first kappa shape index (κ1) is 7.77. The van der Waals surface area contributed by atoms with E-state index in [4.69, 9.17) is 11.3 Å². The van der Waals surface area contributed by atoms with Crippen LogP contribution in [0, 0.1) is 18.3 Å². The Kier molecular flexibility index (Phi) is 2.12. The number of hydrogen-bond acceptors (Lipinski definition) is 3. The quantitative estimate of drug-likeness (QED) is 0.413. The van der Waals surface area contributed by atoms with Gasteiger partial charge in [-0.05, 0) is 0 Å². The second-order valence-corrected chi connectivity index (χ2v) is 3.38. The summed E-state index contributed by atoms with van der Waals surface area (Å²) in [4.78, 5) is 8.63. The molecule has 4 nitrogen and oxygen atoms in total. The van der Waals surface area contributed by atoms with Crippen LogP contribution < -0.4 is 0 Å². The number of hydrogen-bond donors (Lipinski definition) is 1. The lowest BCUT2D eigenvalue weighted by molar-refractivity contribution is 0.0781. The van der Waals surface area contributed by atoms with Gasteiger partial charge in [0, 0.05) is 0 Å². The van der Waals surface area contributed by atoms with E-state index in [1.54, 1.807) is 0 Å². The minimum absolute atomic E-state index is 0.101. The van der Waals surface area contributed by atoms with Crippen LogP contribution in [0.4, 0.5) is 0 Å². The SMILES string of the molecule is C#CC1COP(=O)(O)OC1. The summed E-state index contributed by atoms with van der Waals surface area (Å²) in [6.07, 6.45) is 5.01. The maximum absolute atomic E-state index is 10.5. The molecule has 0 aromatic carbocycles. The van der Waals surface area contributed by atoms with Gasteiger partial charge < -0.3 is 4.89 Å². The molecule has 10 heavy (non-hydrogen) atoms. The molecule has 1 N–H and O–H groups in total. The number of terminal acetylenes is 1. The summed E-state index contributed by atoms with van der Waals surface area (Å²) in [5.41, 5.74) is 0. The summed E-state index contributed by atoms with van der Waals surface area (Å²) in [6.45, 7) is 0.203. The Balaban J connectivity index is 2.48. The third-order valence-corrected chi connectivity index (χ3v) is 2.06. The van der Waals surface area contributed by atoms with E-state index in [9.17, 15) is 4.57 Å². The monoisotopic (exact) mass is 162 g/mol. The van der Waals surface area contributed by atoms with Gasteiger partial charge in [-0.2, -0.15) is 0 Å². The molecule has 0 aliphatic carbocycles. The predicted molar refractivity (Wildman–Crippen MR) is 34.1 cm³/mol. The third-order valence-electron chi connectivity index (χ3n) is 1.11. The first-order valence-corrected chi connectivity index (χ1v) is 4.21. The highest BCUT2D eigenvalue weighted by molar-refractivity contribution is 7.47. The Bertz CT molecular complexity index is 194. The van der Waals surface area contributed by atoms with Crippen molar-refractivity contribution in [3.05, 3.63) is 0 Å². The average molecular weight is 162 g/mol. The van der Waals surface area contributed by atoms with E-state index < -0.39 is 7.82 Å². The van der Waals surface area contributed by atoms with Crippen LogP contribution in [0.3, 0.4) is 0 Å². The molecule has 1 saturated heterocycles. The molecule has 1 fully saturated rings. The van der Waals surface area contributed by atoms with E-state index in [2.05, 4.69) is 15.0 Å². The minimum atomic E-state index is -3.73. The number of rotatable bonds is 0. The van der Waals surface area contributed by atoms with Crippen LogP contribution in [0.1, 0.15) is 0 Å². The van der Waals surface area contributed by atoms with Crippen LogP contribution in [0.25, 0.3) is 0 Å². The molecule has 1 aliphatic rings. The van der Waals surface area contributed by atoms with Crippen molar-refractivity contribution in [1.29, 1.82) is 0 Å². The van der Waals surface area contributed by atoms with Crippen molar-refractivity contribution >= 4 is 7.82 Å². The van der Waals surface area contributed by atoms with Crippen LogP contribution >= 0.6 is 7.82 Å². The van der Waals surface area contributed by atoms with Gasteiger partial charge in [0.15, 0.2) is 0 Å². The van der Waals surface area contributed by atoms with Gasteiger partial charge in [-0.1, -0.05) is 5.92 Å². The molecule has 56 valence electrons. The lowest BCUT2D eigenvalue weighted by atomic mass is 10.2. The Labute approximate surface area is 58.8 Å². The second-order valence-electron chi connectivity index (χ2n) is 1.92. The summed E-state index contributed by atoms with van der Waals surface area (Å²) in [6, 6.07) is 0. The molecule has 0 aromatic heterocycles. The van der Waals surface area contributed by atoms with Gasteiger partial charge in [-0.25, -0.2) is 4.57 Å². The number of phosphoric acid groups is 1.